The van der Waals surface area contributed by atoms with Crippen molar-refractivity contribution in [2.45, 2.75) is 13.5 Å². The Hall–Kier alpha value is -2.21. The number of halogens is 1. The summed E-state index contributed by atoms with van der Waals surface area (Å²) in [6, 6.07) is 1.35. The lowest BCUT2D eigenvalue weighted by Crippen LogP contribution is -2.07. The molecule has 0 aliphatic carbocycles. The van der Waals surface area contributed by atoms with Crippen molar-refractivity contribution in [1.29, 1.82) is 0 Å². The van der Waals surface area contributed by atoms with Crippen molar-refractivity contribution in [2.24, 2.45) is 0 Å². The molecule has 0 unspecified atom stereocenters. The summed E-state index contributed by atoms with van der Waals surface area (Å²) in [6.45, 7) is 2.21. The Morgan fingerprint density at radius 3 is 2.79 bits per heavy atom. The summed E-state index contributed by atoms with van der Waals surface area (Å²) >= 11 is 5.95. The van der Waals surface area contributed by atoms with Gasteiger partial charge in [0.25, 0.3) is 0 Å². The third-order valence-corrected chi connectivity index (χ3v) is 2.77. The normalized spacial score (nSPS) is 10.2. The Kier molecular flexibility index (Phi) is 3.91. The molecule has 19 heavy (non-hydrogen) atoms. The second kappa shape index (κ2) is 5.62. The minimum absolute atomic E-state index is 0.00848. The molecule has 0 saturated carbocycles. The van der Waals surface area contributed by atoms with Gasteiger partial charge in [-0.1, -0.05) is 11.6 Å². The lowest BCUT2D eigenvalue weighted by atomic mass is 10.2. The first-order valence-corrected chi connectivity index (χ1v) is 5.85. The molecule has 0 saturated heterocycles. The van der Waals surface area contributed by atoms with Crippen molar-refractivity contribution < 1.29 is 9.90 Å². The molecule has 0 fully saturated rings. The number of anilines is 1. The Labute approximate surface area is 114 Å². The maximum Gasteiger partial charge on any atom is 0.337 e. The predicted octanol–water partition coefficient (Wildman–Crippen LogP) is 2.14. The van der Waals surface area contributed by atoms with E-state index in [-0.39, 0.29) is 10.6 Å². The lowest BCUT2D eigenvalue weighted by molar-refractivity contribution is 0.0697. The summed E-state index contributed by atoms with van der Waals surface area (Å²) in [6.07, 6.45) is 4.68. The van der Waals surface area contributed by atoms with Crippen LogP contribution in [0.15, 0.2) is 24.7 Å². The minimum Gasteiger partial charge on any atom is -0.478 e. The average molecular weight is 279 g/mol. The number of pyridine rings is 1. The van der Waals surface area contributed by atoms with Crippen LogP contribution in [0.2, 0.25) is 5.02 Å². The maximum atomic E-state index is 10.9. The molecule has 7 heteroatoms. The standard InChI is InChI=1S/C12H11ClN4O2/c1-7-4-16-8(5-15-7)6-17-11-10(13)9(12(18)19)2-3-14-11/h2-5H,6H2,1H3,(H,14,17)(H,18,19). The number of hydrogen-bond donors (Lipinski definition) is 2. The maximum absolute atomic E-state index is 10.9. The predicted molar refractivity (Wildman–Crippen MR) is 70.3 cm³/mol. The molecule has 0 aliphatic heterocycles. The number of hydrogen-bond acceptors (Lipinski definition) is 5. The van der Waals surface area contributed by atoms with Crippen LogP contribution in [0.3, 0.4) is 0 Å². The largest absolute Gasteiger partial charge is 0.478 e. The highest BCUT2D eigenvalue weighted by molar-refractivity contribution is 6.35. The zero-order chi connectivity index (χ0) is 13.8. The van der Waals surface area contributed by atoms with Gasteiger partial charge in [0.05, 0.1) is 34.7 Å². The van der Waals surface area contributed by atoms with Crippen LogP contribution in [0.4, 0.5) is 5.82 Å². The molecule has 2 aromatic rings. The lowest BCUT2D eigenvalue weighted by Gasteiger charge is -2.08. The minimum atomic E-state index is -1.09. The highest BCUT2D eigenvalue weighted by Crippen LogP contribution is 2.23. The third-order valence-electron chi connectivity index (χ3n) is 2.39. The molecule has 2 heterocycles. The number of carbonyl (C=O) groups is 1. The first kappa shape index (κ1) is 13.2. The molecular weight excluding hydrogens is 268 g/mol. The fourth-order valence-electron chi connectivity index (χ4n) is 1.42. The second-order valence-electron chi connectivity index (χ2n) is 3.83. The van der Waals surface area contributed by atoms with Gasteiger partial charge in [-0.25, -0.2) is 9.78 Å². The smallest absolute Gasteiger partial charge is 0.337 e. The van der Waals surface area contributed by atoms with Crippen LogP contribution < -0.4 is 5.32 Å². The van der Waals surface area contributed by atoms with Crippen LogP contribution in [0.1, 0.15) is 21.7 Å². The fraction of sp³-hybridized carbons (Fsp3) is 0.167. The van der Waals surface area contributed by atoms with Gasteiger partial charge in [0.2, 0.25) is 0 Å². The average Bonchev–Trinajstić information content (AvgIpc) is 2.39. The van der Waals surface area contributed by atoms with E-state index in [1.165, 1.54) is 12.3 Å². The van der Waals surface area contributed by atoms with E-state index < -0.39 is 5.97 Å². The molecule has 0 spiro atoms. The molecule has 0 aromatic carbocycles. The number of carboxylic acid groups (broad SMARTS) is 1. The Morgan fingerprint density at radius 2 is 2.16 bits per heavy atom. The summed E-state index contributed by atoms with van der Waals surface area (Å²) in [7, 11) is 0. The van der Waals surface area contributed by atoms with Gasteiger partial charge < -0.3 is 10.4 Å². The SMILES string of the molecule is Cc1cnc(CNc2nccc(C(=O)O)c2Cl)cn1. The zero-order valence-electron chi connectivity index (χ0n) is 10.1. The molecule has 0 radical (unpaired) electrons. The van der Waals surface area contributed by atoms with Crippen LogP contribution in [0.25, 0.3) is 0 Å². The molecule has 6 nitrogen and oxygen atoms in total. The molecule has 0 atom stereocenters. The number of nitrogens with zero attached hydrogens (tertiary/aromatic N) is 3. The van der Waals surface area contributed by atoms with E-state index >= 15 is 0 Å². The quantitative estimate of drug-likeness (QED) is 0.891. The second-order valence-corrected chi connectivity index (χ2v) is 4.21. The highest BCUT2D eigenvalue weighted by atomic mass is 35.5. The Morgan fingerprint density at radius 1 is 1.37 bits per heavy atom. The van der Waals surface area contributed by atoms with Crippen LogP contribution in [0.5, 0.6) is 0 Å². The summed E-state index contributed by atoms with van der Waals surface area (Å²) in [4.78, 5) is 23.2. The van der Waals surface area contributed by atoms with E-state index in [2.05, 4.69) is 20.3 Å². The van der Waals surface area contributed by atoms with Gasteiger partial charge in [0.1, 0.15) is 5.82 Å². The number of nitrogens with one attached hydrogen (secondary N) is 1. The molecule has 2 aromatic heterocycles. The number of aromatic carboxylic acids is 1. The summed E-state index contributed by atoms with van der Waals surface area (Å²) < 4.78 is 0. The van der Waals surface area contributed by atoms with Gasteiger partial charge >= 0.3 is 5.97 Å². The van der Waals surface area contributed by atoms with Crippen LogP contribution in [-0.2, 0) is 6.54 Å². The van der Waals surface area contributed by atoms with Gasteiger partial charge in [-0.2, -0.15) is 0 Å². The van der Waals surface area contributed by atoms with Crippen molar-refractivity contribution in [2.75, 3.05) is 5.32 Å². The van der Waals surface area contributed by atoms with Crippen molar-refractivity contribution >= 4 is 23.4 Å². The van der Waals surface area contributed by atoms with E-state index in [0.29, 0.717) is 18.1 Å². The van der Waals surface area contributed by atoms with Gasteiger partial charge in [0.15, 0.2) is 0 Å². The summed E-state index contributed by atoms with van der Waals surface area (Å²) in [5, 5.41) is 12.0. The number of aromatic nitrogens is 3. The molecule has 2 N–H and O–H groups in total. The molecule has 0 aliphatic rings. The van der Waals surface area contributed by atoms with Crippen molar-refractivity contribution in [1.82, 2.24) is 15.0 Å². The van der Waals surface area contributed by atoms with Gasteiger partial charge in [0, 0.05) is 12.4 Å². The molecule has 2 rings (SSSR count). The Balaban J connectivity index is 2.13. The van der Waals surface area contributed by atoms with Crippen molar-refractivity contribution in [3.8, 4) is 0 Å². The first-order valence-electron chi connectivity index (χ1n) is 5.47. The van der Waals surface area contributed by atoms with E-state index in [1.807, 2.05) is 6.92 Å². The highest BCUT2D eigenvalue weighted by Gasteiger charge is 2.13. The molecule has 0 bridgehead atoms. The van der Waals surface area contributed by atoms with E-state index in [9.17, 15) is 4.79 Å². The van der Waals surface area contributed by atoms with Gasteiger partial charge in [-0.05, 0) is 13.0 Å². The van der Waals surface area contributed by atoms with Gasteiger partial charge in [-0.15, -0.1) is 0 Å². The first-order chi connectivity index (χ1) is 9.08. The van der Waals surface area contributed by atoms with E-state index in [4.69, 9.17) is 16.7 Å². The molecule has 0 amide bonds. The van der Waals surface area contributed by atoms with Crippen molar-refractivity contribution in [3.05, 3.63) is 46.6 Å². The summed E-state index contributed by atoms with van der Waals surface area (Å²) in [5.41, 5.74) is 1.55. The molecule has 98 valence electrons. The zero-order valence-corrected chi connectivity index (χ0v) is 10.8. The van der Waals surface area contributed by atoms with Crippen LogP contribution >= 0.6 is 11.6 Å². The number of aryl methyl sites for hydroxylation is 1. The fourth-order valence-corrected chi connectivity index (χ4v) is 1.68. The van der Waals surface area contributed by atoms with Crippen LogP contribution in [-0.4, -0.2) is 26.0 Å². The van der Waals surface area contributed by atoms with Crippen LogP contribution in [0, 0.1) is 6.92 Å². The monoisotopic (exact) mass is 278 g/mol. The van der Waals surface area contributed by atoms with E-state index in [0.717, 1.165) is 5.69 Å². The Bertz CT molecular complexity index is 601. The number of carboxylic acids is 1. The topological polar surface area (TPSA) is 88.0 Å². The van der Waals surface area contributed by atoms with Crippen molar-refractivity contribution in [3.63, 3.8) is 0 Å². The number of rotatable bonds is 4. The third kappa shape index (κ3) is 3.17. The van der Waals surface area contributed by atoms with Gasteiger partial charge in [-0.3, -0.25) is 9.97 Å². The molecular formula is C12H11ClN4O2. The summed E-state index contributed by atoms with van der Waals surface area (Å²) in [5.74, 6) is -0.783. The van der Waals surface area contributed by atoms with E-state index in [1.54, 1.807) is 12.4 Å².